The summed E-state index contributed by atoms with van der Waals surface area (Å²) in [6, 6.07) is 8.40. The summed E-state index contributed by atoms with van der Waals surface area (Å²) < 4.78 is 19.9. The molecule has 4 aliphatic carbocycles. The van der Waals surface area contributed by atoms with Crippen LogP contribution in [0.4, 0.5) is 4.39 Å². The summed E-state index contributed by atoms with van der Waals surface area (Å²) in [5.74, 6) is -1.58. The first-order valence-electron chi connectivity index (χ1n) is 11.9. The summed E-state index contributed by atoms with van der Waals surface area (Å²) >= 11 is 0. The number of Topliss-reactive ketones (excluding diaryl/α,β-unsaturated/α-hetero) is 1. The smallest absolute Gasteiger partial charge is 0.339 e. The quantitative estimate of drug-likeness (QED) is 0.526. The monoisotopic (exact) mass is 464 g/mol. The zero-order valence-corrected chi connectivity index (χ0v) is 19.5. The molecule has 178 valence electrons. The minimum absolute atomic E-state index is 0.0482. The van der Waals surface area contributed by atoms with Gasteiger partial charge in [0.05, 0.1) is 11.7 Å². The number of esters is 1. The average molecular weight is 465 g/mol. The van der Waals surface area contributed by atoms with E-state index in [0.29, 0.717) is 24.8 Å². The molecule has 1 aromatic rings. The Morgan fingerprint density at radius 1 is 1.18 bits per heavy atom. The summed E-state index contributed by atoms with van der Waals surface area (Å²) in [5, 5.41) is 11.5. The van der Waals surface area contributed by atoms with E-state index in [4.69, 9.17) is 4.74 Å². The molecule has 0 unspecified atom stereocenters. The molecule has 34 heavy (non-hydrogen) atoms. The largest absolute Gasteiger partial charge is 0.447 e. The highest BCUT2D eigenvalue weighted by molar-refractivity contribution is 6.01. The number of carbonyl (C=O) groups is 3. The normalized spacial score (nSPS) is 36.4. The number of ether oxygens (including phenoxy) is 1. The van der Waals surface area contributed by atoms with Crippen LogP contribution in [0.15, 0.2) is 65.3 Å². The fourth-order valence-corrected chi connectivity index (χ4v) is 7.16. The molecule has 4 aliphatic rings. The van der Waals surface area contributed by atoms with E-state index in [9.17, 15) is 23.9 Å². The van der Waals surface area contributed by atoms with Crippen molar-refractivity contribution < 1.29 is 28.6 Å². The second-order valence-electron chi connectivity index (χ2n) is 10.4. The number of hydrogen-bond acceptors (Lipinski definition) is 5. The summed E-state index contributed by atoms with van der Waals surface area (Å²) in [7, 11) is 0. The van der Waals surface area contributed by atoms with Crippen LogP contribution in [-0.2, 0) is 14.3 Å². The van der Waals surface area contributed by atoms with E-state index in [2.05, 4.69) is 0 Å². The molecule has 1 aromatic carbocycles. The predicted octanol–water partition coefficient (Wildman–Crippen LogP) is 4.46. The average Bonchev–Trinajstić information content (AvgIpc) is 3.11. The van der Waals surface area contributed by atoms with Crippen molar-refractivity contribution in [2.45, 2.75) is 57.7 Å². The summed E-state index contributed by atoms with van der Waals surface area (Å²) in [6.07, 6.45) is 6.47. The zero-order chi connectivity index (χ0) is 24.3. The summed E-state index contributed by atoms with van der Waals surface area (Å²) in [5.41, 5.74) is 0.0881. The van der Waals surface area contributed by atoms with Gasteiger partial charge in [-0.1, -0.05) is 42.3 Å². The molecular weight excluding hydrogens is 435 g/mol. The molecule has 0 heterocycles. The number of ketones is 2. The summed E-state index contributed by atoms with van der Waals surface area (Å²) in [6.45, 7) is 2.64. The van der Waals surface area contributed by atoms with E-state index in [1.54, 1.807) is 42.5 Å². The second kappa shape index (κ2) is 7.84. The van der Waals surface area contributed by atoms with Crippen molar-refractivity contribution in [3.8, 4) is 0 Å². The highest BCUT2D eigenvalue weighted by atomic mass is 19.1. The van der Waals surface area contributed by atoms with Crippen LogP contribution in [-0.4, -0.2) is 41.0 Å². The van der Waals surface area contributed by atoms with Crippen LogP contribution in [0, 0.1) is 16.7 Å². The first-order chi connectivity index (χ1) is 16.2. The van der Waals surface area contributed by atoms with E-state index in [1.807, 2.05) is 19.9 Å². The zero-order valence-electron chi connectivity index (χ0n) is 19.5. The Hall–Kier alpha value is -2.86. The molecule has 5 rings (SSSR count). The minimum Gasteiger partial charge on any atom is -0.447 e. The number of benzene rings is 1. The van der Waals surface area contributed by atoms with Gasteiger partial charge in [0.25, 0.3) is 0 Å². The van der Waals surface area contributed by atoms with Crippen molar-refractivity contribution in [2.75, 3.05) is 6.67 Å². The van der Waals surface area contributed by atoms with Crippen molar-refractivity contribution in [3.63, 3.8) is 0 Å². The lowest BCUT2D eigenvalue weighted by Gasteiger charge is -2.53. The Morgan fingerprint density at radius 2 is 1.91 bits per heavy atom. The predicted molar refractivity (Wildman–Crippen MR) is 124 cm³/mol. The van der Waals surface area contributed by atoms with E-state index >= 15 is 0 Å². The Labute approximate surface area is 198 Å². The number of rotatable bonds is 4. The SMILES string of the molecule is C[C@]12C=CC(=O)C=C1CCC1=C2[C@@H](O)C[C@@]2(C)[C@H]1CC[C@]2(OC(=O)c1ccccc1)C(=O)CF. The van der Waals surface area contributed by atoms with Gasteiger partial charge in [-0.25, -0.2) is 9.18 Å². The first kappa shape index (κ1) is 22.9. The van der Waals surface area contributed by atoms with E-state index in [0.717, 1.165) is 16.7 Å². The van der Waals surface area contributed by atoms with Crippen LogP contribution in [0.3, 0.4) is 0 Å². The molecule has 0 aliphatic heterocycles. The number of carbonyl (C=O) groups excluding carboxylic acids is 3. The van der Waals surface area contributed by atoms with Crippen LogP contribution < -0.4 is 0 Å². The maximum Gasteiger partial charge on any atom is 0.339 e. The molecule has 0 spiro atoms. The minimum atomic E-state index is -1.64. The van der Waals surface area contributed by atoms with Gasteiger partial charge in [-0.05, 0) is 74.8 Å². The van der Waals surface area contributed by atoms with Crippen molar-refractivity contribution in [2.24, 2.45) is 16.7 Å². The van der Waals surface area contributed by atoms with Gasteiger partial charge in [0, 0.05) is 10.8 Å². The van der Waals surface area contributed by atoms with E-state index < -0.39 is 41.0 Å². The molecule has 0 amide bonds. The maximum absolute atomic E-state index is 14.0. The third-order valence-electron chi connectivity index (χ3n) is 8.83. The highest BCUT2D eigenvalue weighted by Gasteiger charge is 2.67. The van der Waals surface area contributed by atoms with Crippen LogP contribution in [0.25, 0.3) is 0 Å². The van der Waals surface area contributed by atoms with Gasteiger partial charge in [0.1, 0.15) is 0 Å². The lowest BCUT2D eigenvalue weighted by atomic mass is 9.52. The third-order valence-corrected chi connectivity index (χ3v) is 8.83. The molecule has 0 bridgehead atoms. The van der Waals surface area contributed by atoms with Crippen LogP contribution in [0.1, 0.15) is 56.3 Å². The van der Waals surface area contributed by atoms with Crippen LogP contribution in [0.5, 0.6) is 0 Å². The third kappa shape index (κ3) is 3.04. The molecule has 0 radical (unpaired) electrons. The molecule has 1 N–H and O–H groups in total. The molecule has 1 saturated carbocycles. The van der Waals surface area contributed by atoms with Crippen molar-refractivity contribution in [3.05, 3.63) is 70.8 Å². The van der Waals surface area contributed by atoms with Gasteiger partial charge in [-0.2, -0.15) is 0 Å². The second-order valence-corrected chi connectivity index (χ2v) is 10.4. The van der Waals surface area contributed by atoms with Gasteiger partial charge in [0.15, 0.2) is 18.1 Å². The molecular formula is C28H29FO5. The van der Waals surface area contributed by atoms with Crippen LogP contribution >= 0.6 is 0 Å². The molecule has 5 nitrogen and oxygen atoms in total. The summed E-state index contributed by atoms with van der Waals surface area (Å²) in [4.78, 5) is 38.2. The van der Waals surface area contributed by atoms with Crippen molar-refractivity contribution >= 4 is 17.5 Å². The number of allylic oxidation sites excluding steroid dienone is 5. The molecule has 1 fully saturated rings. The Kier molecular flexibility index (Phi) is 5.28. The van der Waals surface area contributed by atoms with Crippen molar-refractivity contribution in [1.29, 1.82) is 0 Å². The number of fused-ring (bicyclic) bond motifs is 4. The maximum atomic E-state index is 14.0. The molecule has 6 heteroatoms. The number of halogens is 1. The van der Waals surface area contributed by atoms with Gasteiger partial charge in [0.2, 0.25) is 5.78 Å². The van der Waals surface area contributed by atoms with Crippen molar-refractivity contribution in [1.82, 2.24) is 0 Å². The van der Waals surface area contributed by atoms with Gasteiger partial charge < -0.3 is 9.84 Å². The Bertz CT molecular complexity index is 1160. The first-order valence-corrected chi connectivity index (χ1v) is 11.9. The number of aliphatic hydroxyl groups excluding tert-OH is 1. The lowest BCUT2D eigenvalue weighted by molar-refractivity contribution is -0.156. The van der Waals surface area contributed by atoms with Gasteiger partial charge in [-0.3, -0.25) is 9.59 Å². The Morgan fingerprint density at radius 3 is 2.62 bits per heavy atom. The molecule has 0 saturated heterocycles. The lowest BCUT2D eigenvalue weighted by Crippen LogP contribution is -2.58. The number of alkyl halides is 1. The van der Waals surface area contributed by atoms with E-state index in [1.165, 1.54) is 0 Å². The molecule has 5 atom stereocenters. The highest BCUT2D eigenvalue weighted by Crippen LogP contribution is 2.65. The fraction of sp³-hybridized carbons (Fsp3) is 0.464. The standard InChI is InChI=1S/C28H29FO5/c1-26-12-10-19(30)14-18(26)8-9-20-21-11-13-28(23(32)16-29,27(21,2)15-22(31)24(20)26)34-25(33)17-6-4-3-5-7-17/h3-7,10,12,14,21-22,31H,8-9,11,13,15-16H2,1-2H3/t21-,22-,26-,27-,28-/m0/s1. The number of aliphatic hydroxyl groups is 1. The topological polar surface area (TPSA) is 80.7 Å². The van der Waals surface area contributed by atoms with E-state index in [-0.39, 0.29) is 24.5 Å². The fourth-order valence-electron chi connectivity index (χ4n) is 7.16. The van der Waals surface area contributed by atoms with Gasteiger partial charge in [-0.15, -0.1) is 0 Å². The Balaban J connectivity index is 1.59. The number of hydrogen-bond donors (Lipinski definition) is 1. The van der Waals surface area contributed by atoms with Gasteiger partial charge >= 0.3 is 5.97 Å². The van der Waals surface area contributed by atoms with Crippen LogP contribution in [0.2, 0.25) is 0 Å². The molecule has 0 aromatic heterocycles.